The average molecular weight is 171 g/mol. The number of methoxy groups -OCH3 is 2. The fraction of sp³-hybridized carbons (Fsp3) is 0.778. The molecule has 0 bridgehead atoms. The van der Waals surface area contributed by atoms with Crippen LogP contribution in [0.15, 0.2) is 12.2 Å². The van der Waals surface area contributed by atoms with Crippen molar-refractivity contribution in [2.75, 3.05) is 20.8 Å². The first-order valence-corrected chi connectivity index (χ1v) is 4.23. The molecule has 0 aromatic heterocycles. The Balaban J connectivity index is 2.52. The molecular weight excluding hydrogens is 154 g/mol. The fourth-order valence-electron chi connectivity index (χ4n) is 1.56. The summed E-state index contributed by atoms with van der Waals surface area (Å²) in [6, 6.07) is 0.142. The van der Waals surface area contributed by atoms with Crippen molar-refractivity contribution in [3.05, 3.63) is 12.2 Å². The summed E-state index contributed by atoms with van der Waals surface area (Å²) in [7, 11) is 3.42. The summed E-state index contributed by atoms with van der Waals surface area (Å²) < 4.78 is 10.4. The Morgan fingerprint density at radius 3 is 2.75 bits per heavy atom. The van der Waals surface area contributed by atoms with Crippen LogP contribution in [0.4, 0.5) is 0 Å². The molecule has 0 spiro atoms. The van der Waals surface area contributed by atoms with Crippen LogP contribution in [0.5, 0.6) is 0 Å². The Kier molecular flexibility index (Phi) is 3.72. The van der Waals surface area contributed by atoms with Gasteiger partial charge in [-0.2, -0.15) is 0 Å². The summed E-state index contributed by atoms with van der Waals surface area (Å²) >= 11 is 0. The first-order chi connectivity index (χ1) is 5.77. The summed E-state index contributed by atoms with van der Waals surface area (Å²) in [5.41, 5.74) is 5.75. The van der Waals surface area contributed by atoms with Crippen LogP contribution in [0, 0.1) is 5.92 Å². The monoisotopic (exact) mass is 171 g/mol. The third-order valence-corrected chi connectivity index (χ3v) is 2.25. The van der Waals surface area contributed by atoms with E-state index in [4.69, 9.17) is 15.2 Å². The van der Waals surface area contributed by atoms with E-state index in [2.05, 4.69) is 6.08 Å². The highest BCUT2D eigenvalue weighted by molar-refractivity contribution is 5.04. The topological polar surface area (TPSA) is 44.5 Å². The van der Waals surface area contributed by atoms with Crippen LogP contribution in [-0.4, -0.2) is 33.0 Å². The molecule has 0 heterocycles. The Morgan fingerprint density at radius 1 is 1.42 bits per heavy atom. The molecule has 0 saturated heterocycles. The number of hydrogen-bond donors (Lipinski definition) is 1. The second-order valence-corrected chi connectivity index (χ2v) is 3.18. The minimum absolute atomic E-state index is 0.142. The predicted molar refractivity (Wildman–Crippen MR) is 47.9 cm³/mol. The zero-order valence-electron chi connectivity index (χ0n) is 7.69. The maximum absolute atomic E-state index is 5.75. The van der Waals surface area contributed by atoms with Gasteiger partial charge in [0.05, 0.1) is 12.7 Å². The van der Waals surface area contributed by atoms with Gasteiger partial charge in [-0.15, -0.1) is 0 Å². The summed E-state index contributed by atoms with van der Waals surface area (Å²) in [6.07, 6.45) is 5.22. The van der Waals surface area contributed by atoms with Crippen molar-refractivity contribution >= 4 is 0 Å². The number of ether oxygens (including phenoxy) is 2. The van der Waals surface area contributed by atoms with Crippen molar-refractivity contribution in [3.63, 3.8) is 0 Å². The molecule has 1 aliphatic carbocycles. The van der Waals surface area contributed by atoms with Crippen LogP contribution in [0.25, 0.3) is 0 Å². The van der Waals surface area contributed by atoms with E-state index in [-0.39, 0.29) is 12.1 Å². The standard InChI is InChI=1S/C9H17NO2/c1-11-6-7-3-4-8(10)5-9(7)12-2/h3-4,7-9H,5-6,10H2,1-2H3/t7?,8?,9-/m1/s1. The molecule has 3 nitrogen and oxygen atoms in total. The van der Waals surface area contributed by atoms with Gasteiger partial charge in [0.15, 0.2) is 0 Å². The minimum atomic E-state index is 0.142. The lowest BCUT2D eigenvalue weighted by atomic mass is 9.91. The van der Waals surface area contributed by atoms with Crippen molar-refractivity contribution in [1.82, 2.24) is 0 Å². The molecule has 0 aromatic rings. The zero-order valence-corrected chi connectivity index (χ0v) is 7.69. The van der Waals surface area contributed by atoms with E-state index in [1.165, 1.54) is 0 Å². The van der Waals surface area contributed by atoms with E-state index in [1.54, 1.807) is 14.2 Å². The minimum Gasteiger partial charge on any atom is -0.384 e. The van der Waals surface area contributed by atoms with E-state index in [0.717, 1.165) is 6.42 Å². The predicted octanol–water partition coefficient (Wildman–Crippen LogP) is 0.551. The average Bonchev–Trinajstić information content (AvgIpc) is 2.08. The van der Waals surface area contributed by atoms with Crippen LogP contribution < -0.4 is 5.73 Å². The summed E-state index contributed by atoms with van der Waals surface area (Å²) in [4.78, 5) is 0. The normalized spacial score (nSPS) is 35.4. The molecule has 0 radical (unpaired) electrons. The highest BCUT2D eigenvalue weighted by Gasteiger charge is 2.24. The molecule has 3 atom stereocenters. The lowest BCUT2D eigenvalue weighted by Crippen LogP contribution is -2.36. The maximum atomic E-state index is 5.75. The van der Waals surface area contributed by atoms with Gasteiger partial charge >= 0.3 is 0 Å². The van der Waals surface area contributed by atoms with E-state index in [0.29, 0.717) is 12.5 Å². The van der Waals surface area contributed by atoms with Gasteiger partial charge in [-0.25, -0.2) is 0 Å². The van der Waals surface area contributed by atoms with Crippen LogP contribution in [-0.2, 0) is 9.47 Å². The van der Waals surface area contributed by atoms with Crippen LogP contribution in [0.1, 0.15) is 6.42 Å². The van der Waals surface area contributed by atoms with Crippen molar-refractivity contribution in [3.8, 4) is 0 Å². The van der Waals surface area contributed by atoms with Gasteiger partial charge in [0.1, 0.15) is 0 Å². The van der Waals surface area contributed by atoms with E-state index >= 15 is 0 Å². The molecular formula is C9H17NO2. The molecule has 2 unspecified atom stereocenters. The third kappa shape index (κ3) is 2.30. The fourth-order valence-corrected chi connectivity index (χ4v) is 1.56. The quantitative estimate of drug-likeness (QED) is 0.631. The molecule has 0 fully saturated rings. The molecule has 0 aliphatic heterocycles. The van der Waals surface area contributed by atoms with Gasteiger partial charge in [-0.1, -0.05) is 12.2 Å². The molecule has 0 saturated carbocycles. The number of rotatable bonds is 3. The first-order valence-electron chi connectivity index (χ1n) is 4.23. The first kappa shape index (κ1) is 9.71. The van der Waals surface area contributed by atoms with Crippen molar-refractivity contribution < 1.29 is 9.47 Å². The smallest absolute Gasteiger partial charge is 0.0673 e. The molecule has 0 aromatic carbocycles. The Labute approximate surface area is 73.5 Å². The zero-order chi connectivity index (χ0) is 8.97. The molecule has 1 aliphatic rings. The SMILES string of the molecule is COCC1C=CC(N)C[C@H]1OC. The van der Waals surface area contributed by atoms with Crippen molar-refractivity contribution in [2.24, 2.45) is 11.7 Å². The highest BCUT2D eigenvalue weighted by Crippen LogP contribution is 2.20. The molecule has 12 heavy (non-hydrogen) atoms. The lowest BCUT2D eigenvalue weighted by molar-refractivity contribution is 0.0223. The summed E-state index contributed by atoms with van der Waals surface area (Å²) in [5.74, 6) is 0.361. The van der Waals surface area contributed by atoms with Crippen LogP contribution in [0.3, 0.4) is 0 Å². The summed E-state index contributed by atoms with van der Waals surface area (Å²) in [5, 5.41) is 0. The van der Waals surface area contributed by atoms with Crippen molar-refractivity contribution in [1.29, 1.82) is 0 Å². The second kappa shape index (κ2) is 4.60. The van der Waals surface area contributed by atoms with Gasteiger partial charge in [0, 0.05) is 26.2 Å². The third-order valence-electron chi connectivity index (χ3n) is 2.25. The Hall–Kier alpha value is -0.380. The van der Waals surface area contributed by atoms with Gasteiger partial charge in [-0.3, -0.25) is 0 Å². The van der Waals surface area contributed by atoms with Crippen molar-refractivity contribution in [2.45, 2.75) is 18.6 Å². The van der Waals surface area contributed by atoms with Crippen LogP contribution >= 0.6 is 0 Å². The molecule has 0 amide bonds. The van der Waals surface area contributed by atoms with E-state index < -0.39 is 0 Å². The lowest BCUT2D eigenvalue weighted by Gasteiger charge is -2.28. The number of hydrogen-bond acceptors (Lipinski definition) is 3. The van der Waals surface area contributed by atoms with Gasteiger partial charge in [0.2, 0.25) is 0 Å². The molecule has 70 valence electrons. The second-order valence-electron chi connectivity index (χ2n) is 3.18. The molecule has 2 N–H and O–H groups in total. The van der Waals surface area contributed by atoms with Gasteiger partial charge in [0.25, 0.3) is 0 Å². The highest BCUT2D eigenvalue weighted by atomic mass is 16.5. The van der Waals surface area contributed by atoms with E-state index in [1.807, 2.05) is 6.08 Å². The van der Waals surface area contributed by atoms with E-state index in [9.17, 15) is 0 Å². The summed E-state index contributed by atoms with van der Waals surface area (Å²) in [6.45, 7) is 0.710. The number of nitrogens with two attached hydrogens (primary N) is 1. The Bertz CT molecular complexity index is 159. The largest absolute Gasteiger partial charge is 0.384 e. The Morgan fingerprint density at radius 2 is 2.17 bits per heavy atom. The van der Waals surface area contributed by atoms with Gasteiger partial charge in [-0.05, 0) is 6.42 Å². The maximum Gasteiger partial charge on any atom is 0.0673 e. The molecule has 1 rings (SSSR count). The molecule has 3 heteroatoms. The van der Waals surface area contributed by atoms with Gasteiger partial charge < -0.3 is 15.2 Å². The van der Waals surface area contributed by atoms with Crippen LogP contribution in [0.2, 0.25) is 0 Å².